The molecule has 0 aliphatic heterocycles. The normalized spacial score (nSPS) is 21.4. The number of rotatable bonds is 5. The van der Waals surface area contributed by atoms with Crippen molar-refractivity contribution in [1.82, 2.24) is 5.32 Å². The number of thioether (sulfide) groups is 1. The van der Waals surface area contributed by atoms with Crippen LogP contribution in [-0.2, 0) is 9.59 Å². The predicted molar refractivity (Wildman–Crippen MR) is 81.9 cm³/mol. The zero-order chi connectivity index (χ0) is 15.4. The van der Waals surface area contributed by atoms with E-state index in [4.69, 9.17) is 5.11 Å². The standard InChI is InChI=1S/C15H17NO4S/c1-9(17)16-12(15(19)20)8-21-13-7-6-10-4-2-3-5-11(10)14(13)18/h2-7,12-14,18H,8H2,1H3,(H,16,17)(H,19,20)/t12-,13?,14+/m0/s1. The summed E-state index contributed by atoms with van der Waals surface area (Å²) < 4.78 is 0. The highest BCUT2D eigenvalue weighted by Gasteiger charge is 2.27. The van der Waals surface area contributed by atoms with E-state index in [1.165, 1.54) is 18.7 Å². The van der Waals surface area contributed by atoms with Crippen molar-refractivity contribution in [2.45, 2.75) is 24.3 Å². The third-order valence-corrected chi connectivity index (χ3v) is 4.55. The molecule has 0 saturated carbocycles. The van der Waals surface area contributed by atoms with Crippen molar-refractivity contribution in [3.8, 4) is 0 Å². The number of carbonyl (C=O) groups is 2. The van der Waals surface area contributed by atoms with Gasteiger partial charge in [0.05, 0.1) is 11.4 Å². The van der Waals surface area contributed by atoms with E-state index in [0.29, 0.717) is 0 Å². The number of amides is 1. The van der Waals surface area contributed by atoms with Gasteiger partial charge in [0.1, 0.15) is 6.04 Å². The first-order valence-electron chi connectivity index (χ1n) is 6.55. The first kappa shape index (κ1) is 15.6. The van der Waals surface area contributed by atoms with E-state index in [-0.39, 0.29) is 16.9 Å². The van der Waals surface area contributed by atoms with Crippen LogP contribution < -0.4 is 5.32 Å². The summed E-state index contributed by atoms with van der Waals surface area (Å²) in [6, 6.07) is 6.60. The summed E-state index contributed by atoms with van der Waals surface area (Å²) in [5.74, 6) is -1.26. The average molecular weight is 307 g/mol. The van der Waals surface area contributed by atoms with Gasteiger partial charge >= 0.3 is 5.97 Å². The second-order valence-corrected chi connectivity index (χ2v) is 6.03. The molecule has 0 aromatic heterocycles. The van der Waals surface area contributed by atoms with E-state index in [9.17, 15) is 14.7 Å². The molecule has 21 heavy (non-hydrogen) atoms. The molecule has 0 radical (unpaired) electrons. The number of hydrogen-bond donors (Lipinski definition) is 3. The molecule has 5 nitrogen and oxygen atoms in total. The summed E-state index contributed by atoms with van der Waals surface area (Å²) in [5.41, 5.74) is 1.81. The van der Waals surface area contributed by atoms with Gasteiger partial charge in [-0.1, -0.05) is 36.4 Å². The molecule has 0 heterocycles. The smallest absolute Gasteiger partial charge is 0.327 e. The number of aliphatic carboxylic acids is 1. The fourth-order valence-corrected chi connectivity index (χ4v) is 3.35. The zero-order valence-electron chi connectivity index (χ0n) is 11.5. The number of aliphatic hydroxyl groups is 1. The van der Waals surface area contributed by atoms with E-state index in [2.05, 4.69) is 5.32 Å². The lowest BCUT2D eigenvalue weighted by Crippen LogP contribution is -2.42. The Morgan fingerprint density at radius 3 is 2.76 bits per heavy atom. The van der Waals surface area contributed by atoms with E-state index in [0.717, 1.165) is 11.1 Å². The molecule has 1 aliphatic carbocycles. The van der Waals surface area contributed by atoms with Crippen LogP contribution in [0, 0.1) is 0 Å². The molecular formula is C15H17NO4S. The molecular weight excluding hydrogens is 290 g/mol. The van der Waals surface area contributed by atoms with Gasteiger partial charge in [0.15, 0.2) is 0 Å². The minimum absolute atomic E-state index is 0.198. The molecule has 1 aromatic carbocycles. The number of benzene rings is 1. The number of carboxylic acid groups (broad SMARTS) is 1. The molecule has 3 atom stereocenters. The Labute approximate surface area is 127 Å². The Morgan fingerprint density at radius 2 is 2.10 bits per heavy atom. The van der Waals surface area contributed by atoms with Crippen LogP contribution in [-0.4, -0.2) is 39.1 Å². The lowest BCUT2D eigenvalue weighted by molar-refractivity contribution is -0.140. The number of nitrogens with one attached hydrogen (secondary N) is 1. The van der Waals surface area contributed by atoms with Crippen molar-refractivity contribution in [1.29, 1.82) is 0 Å². The Morgan fingerprint density at radius 1 is 1.38 bits per heavy atom. The molecule has 1 unspecified atom stereocenters. The van der Waals surface area contributed by atoms with E-state index < -0.39 is 18.1 Å². The number of carboxylic acids is 1. The van der Waals surface area contributed by atoms with Crippen LogP contribution in [0.3, 0.4) is 0 Å². The molecule has 1 aliphatic rings. The van der Waals surface area contributed by atoms with Crippen LogP contribution in [0.25, 0.3) is 6.08 Å². The molecule has 2 rings (SSSR count). The average Bonchev–Trinajstić information content (AvgIpc) is 2.45. The topological polar surface area (TPSA) is 86.6 Å². The van der Waals surface area contributed by atoms with Gasteiger partial charge < -0.3 is 15.5 Å². The van der Waals surface area contributed by atoms with E-state index >= 15 is 0 Å². The monoisotopic (exact) mass is 307 g/mol. The molecule has 0 fully saturated rings. The van der Waals surface area contributed by atoms with Crippen LogP contribution in [0.2, 0.25) is 0 Å². The van der Waals surface area contributed by atoms with E-state index in [1.807, 2.05) is 36.4 Å². The van der Waals surface area contributed by atoms with Gasteiger partial charge in [-0.3, -0.25) is 4.79 Å². The Kier molecular flexibility index (Phi) is 5.03. The summed E-state index contributed by atoms with van der Waals surface area (Å²) in [7, 11) is 0. The maximum atomic E-state index is 11.1. The molecule has 0 spiro atoms. The van der Waals surface area contributed by atoms with Crippen LogP contribution in [0.5, 0.6) is 0 Å². The van der Waals surface area contributed by atoms with Crippen molar-refractivity contribution in [3.63, 3.8) is 0 Å². The molecule has 112 valence electrons. The summed E-state index contributed by atoms with van der Waals surface area (Å²) in [6.07, 6.45) is 3.11. The number of fused-ring (bicyclic) bond motifs is 1. The van der Waals surface area contributed by atoms with Gasteiger partial charge in [-0.2, -0.15) is 0 Å². The number of hydrogen-bond acceptors (Lipinski definition) is 4. The third kappa shape index (κ3) is 3.86. The molecule has 1 aromatic rings. The van der Waals surface area contributed by atoms with Gasteiger partial charge in [0, 0.05) is 12.7 Å². The van der Waals surface area contributed by atoms with E-state index in [1.54, 1.807) is 0 Å². The van der Waals surface area contributed by atoms with Crippen molar-refractivity contribution < 1.29 is 19.8 Å². The highest BCUT2D eigenvalue weighted by atomic mass is 32.2. The zero-order valence-corrected chi connectivity index (χ0v) is 12.3. The fourth-order valence-electron chi connectivity index (χ4n) is 2.19. The summed E-state index contributed by atoms with van der Waals surface area (Å²) in [6.45, 7) is 1.28. The highest BCUT2D eigenvalue weighted by molar-refractivity contribution is 8.00. The van der Waals surface area contributed by atoms with Crippen molar-refractivity contribution in [2.24, 2.45) is 0 Å². The molecule has 0 bridgehead atoms. The van der Waals surface area contributed by atoms with Gasteiger partial charge in [0.25, 0.3) is 0 Å². The first-order valence-corrected chi connectivity index (χ1v) is 7.60. The van der Waals surface area contributed by atoms with Crippen LogP contribution in [0.15, 0.2) is 30.3 Å². The molecule has 6 heteroatoms. The van der Waals surface area contributed by atoms with Crippen LogP contribution in [0.4, 0.5) is 0 Å². The number of aliphatic hydroxyl groups excluding tert-OH is 1. The quantitative estimate of drug-likeness (QED) is 0.766. The second kappa shape index (κ2) is 6.78. The van der Waals surface area contributed by atoms with Gasteiger partial charge in [0.2, 0.25) is 5.91 Å². The highest BCUT2D eigenvalue weighted by Crippen LogP contribution is 2.34. The first-order chi connectivity index (χ1) is 9.99. The molecule has 0 saturated heterocycles. The summed E-state index contributed by atoms with van der Waals surface area (Å²) >= 11 is 1.32. The van der Waals surface area contributed by atoms with Crippen molar-refractivity contribution >= 4 is 29.7 Å². The summed E-state index contributed by atoms with van der Waals surface area (Å²) in [4.78, 5) is 22.1. The van der Waals surface area contributed by atoms with Crippen molar-refractivity contribution in [3.05, 3.63) is 41.5 Å². The van der Waals surface area contributed by atoms with Crippen LogP contribution >= 0.6 is 11.8 Å². The van der Waals surface area contributed by atoms with Gasteiger partial charge in [-0.25, -0.2) is 4.79 Å². The Hall–Kier alpha value is -1.79. The lowest BCUT2D eigenvalue weighted by atomic mass is 9.95. The predicted octanol–water partition coefficient (Wildman–Crippen LogP) is 1.44. The maximum absolute atomic E-state index is 11.1. The lowest BCUT2D eigenvalue weighted by Gasteiger charge is -2.26. The minimum Gasteiger partial charge on any atom is -0.480 e. The third-order valence-electron chi connectivity index (χ3n) is 3.22. The Bertz CT molecular complexity index is 573. The largest absolute Gasteiger partial charge is 0.480 e. The minimum atomic E-state index is -1.08. The second-order valence-electron chi connectivity index (χ2n) is 4.82. The SMILES string of the molecule is CC(=O)N[C@@H](CSC1C=Cc2ccccc2[C@H]1O)C(=O)O. The van der Waals surface area contributed by atoms with Gasteiger partial charge in [-0.05, 0) is 11.1 Å². The van der Waals surface area contributed by atoms with Crippen LogP contribution in [0.1, 0.15) is 24.2 Å². The van der Waals surface area contributed by atoms with Crippen molar-refractivity contribution in [2.75, 3.05) is 5.75 Å². The Balaban J connectivity index is 2.01. The van der Waals surface area contributed by atoms with Gasteiger partial charge in [-0.15, -0.1) is 11.8 Å². The fraction of sp³-hybridized carbons (Fsp3) is 0.333. The summed E-state index contributed by atoms with van der Waals surface area (Å²) in [5, 5.41) is 21.6. The molecule has 3 N–H and O–H groups in total. The number of carbonyl (C=O) groups excluding carboxylic acids is 1. The molecule has 1 amide bonds. The maximum Gasteiger partial charge on any atom is 0.327 e.